The molecule has 2 aromatic rings. The SMILES string of the molecule is CC[Si](CC)(CC)OC[C@H]1O[C@@H](n2cnc3c(OCCN)nc(N)nc32)[C@H](O[Si](CC)(CC)CC)[C@@H]1O[Si](CC)(CC)CC. The molecule has 1 fully saturated rings. The second-order valence-electron chi connectivity index (χ2n) is 12.1. The second-order valence-corrected chi connectivity index (χ2v) is 26.3. The summed E-state index contributed by atoms with van der Waals surface area (Å²) >= 11 is 0. The van der Waals surface area contributed by atoms with Gasteiger partial charge >= 0.3 is 0 Å². The fourth-order valence-electron chi connectivity index (χ4n) is 6.58. The molecule has 252 valence electrons. The second kappa shape index (κ2) is 16.4. The molecule has 4 N–H and O–H groups in total. The Hall–Kier alpha value is -1.40. The first-order valence-electron chi connectivity index (χ1n) is 17.1. The molecule has 2 aromatic heterocycles. The predicted octanol–water partition coefficient (Wildman–Crippen LogP) is 6.45. The van der Waals surface area contributed by atoms with Crippen molar-refractivity contribution in [3.8, 4) is 5.88 Å². The van der Waals surface area contributed by atoms with Crippen molar-refractivity contribution in [2.24, 2.45) is 5.73 Å². The van der Waals surface area contributed by atoms with Crippen LogP contribution in [-0.2, 0) is 18.0 Å². The molecule has 0 amide bonds. The highest BCUT2D eigenvalue weighted by Gasteiger charge is 2.53. The van der Waals surface area contributed by atoms with E-state index in [0.717, 1.165) is 54.4 Å². The van der Waals surface area contributed by atoms with E-state index in [2.05, 4.69) is 77.3 Å². The van der Waals surface area contributed by atoms with Gasteiger partial charge in [0.1, 0.15) is 24.9 Å². The predicted molar refractivity (Wildman–Crippen MR) is 185 cm³/mol. The van der Waals surface area contributed by atoms with Gasteiger partial charge in [-0.1, -0.05) is 62.3 Å². The van der Waals surface area contributed by atoms with E-state index in [0.29, 0.717) is 36.8 Å². The summed E-state index contributed by atoms with van der Waals surface area (Å²) in [6.45, 7) is 21.5. The van der Waals surface area contributed by atoms with Gasteiger partial charge in [-0.15, -0.1) is 0 Å². The van der Waals surface area contributed by atoms with E-state index in [-0.39, 0.29) is 24.3 Å². The molecule has 0 radical (unpaired) electrons. The van der Waals surface area contributed by atoms with Crippen LogP contribution in [0.4, 0.5) is 5.95 Å². The van der Waals surface area contributed by atoms with E-state index in [9.17, 15) is 0 Å². The summed E-state index contributed by atoms with van der Waals surface area (Å²) in [5.41, 5.74) is 13.0. The molecule has 1 aliphatic rings. The van der Waals surface area contributed by atoms with Crippen molar-refractivity contribution >= 4 is 42.1 Å². The quantitative estimate of drug-likeness (QED) is 0.151. The van der Waals surface area contributed by atoms with Gasteiger partial charge in [0.15, 0.2) is 42.3 Å². The van der Waals surface area contributed by atoms with Crippen LogP contribution in [0.25, 0.3) is 11.2 Å². The van der Waals surface area contributed by atoms with Crippen LogP contribution in [0.5, 0.6) is 5.88 Å². The van der Waals surface area contributed by atoms with Gasteiger partial charge in [-0.2, -0.15) is 9.97 Å². The molecular formula is C30H60N6O5Si3. The molecule has 0 bridgehead atoms. The summed E-state index contributed by atoms with van der Waals surface area (Å²) in [6, 6.07) is 9.39. The number of fused-ring (bicyclic) bond motifs is 1. The monoisotopic (exact) mass is 668 g/mol. The van der Waals surface area contributed by atoms with E-state index < -0.39 is 31.2 Å². The van der Waals surface area contributed by atoms with Gasteiger partial charge in [-0.25, -0.2) is 4.98 Å². The molecular weight excluding hydrogens is 609 g/mol. The molecule has 0 spiro atoms. The van der Waals surface area contributed by atoms with Crippen LogP contribution in [0, 0.1) is 0 Å². The lowest BCUT2D eigenvalue weighted by molar-refractivity contribution is -0.0465. The highest BCUT2D eigenvalue weighted by Crippen LogP contribution is 2.42. The molecule has 4 atom stereocenters. The average Bonchev–Trinajstić information content (AvgIpc) is 3.62. The Morgan fingerprint density at radius 2 is 1.30 bits per heavy atom. The third kappa shape index (κ3) is 7.76. The van der Waals surface area contributed by atoms with E-state index in [4.69, 9.17) is 34.2 Å². The number of rotatable bonds is 20. The van der Waals surface area contributed by atoms with Gasteiger partial charge in [-0.3, -0.25) is 4.57 Å². The molecule has 14 heteroatoms. The molecule has 44 heavy (non-hydrogen) atoms. The maximum absolute atomic E-state index is 7.39. The van der Waals surface area contributed by atoms with Crippen LogP contribution < -0.4 is 16.2 Å². The topological polar surface area (TPSA) is 142 Å². The zero-order valence-corrected chi connectivity index (χ0v) is 31.9. The van der Waals surface area contributed by atoms with Crippen LogP contribution in [0.1, 0.15) is 68.5 Å². The number of aromatic nitrogens is 4. The highest BCUT2D eigenvalue weighted by atomic mass is 28.4. The van der Waals surface area contributed by atoms with Gasteiger partial charge in [0.2, 0.25) is 11.8 Å². The van der Waals surface area contributed by atoms with Crippen molar-refractivity contribution in [3.63, 3.8) is 0 Å². The van der Waals surface area contributed by atoms with Crippen molar-refractivity contribution in [2.45, 2.75) is 141 Å². The molecule has 0 unspecified atom stereocenters. The first kappa shape index (κ1) is 37.1. The van der Waals surface area contributed by atoms with E-state index in [1.807, 2.05) is 4.57 Å². The molecule has 0 aromatic carbocycles. The molecule has 3 rings (SSSR count). The summed E-state index contributed by atoms with van der Waals surface area (Å²) in [5.74, 6) is 0.422. The first-order chi connectivity index (χ1) is 21.1. The molecule has 1 saturated heterocycles. The Morgan fingerprint density at radius 3 is 1.80 bits per heavy atom. The fourth-order valence-corrected chi connectivity index (χ4v) is 14.9. The summed E-state index contributed by atoms with van der Waals surface area (Å²) in [5, 5.41) is 0. The number of imidazole rings is 1. The average molecular weight is 669 g/mol. The largest absolute Gasteiger partial charge is 0.475 e. The first-order valence-corrected chi connectivity index (χ1v) is 24.7. The Bertz CT molecular complexity index is 1140. The summed E-state index contributed by atoms with van der Waals surface area (Å²) in [6.07, 6.45) is 0.305. The minimum atomic E-state index is -2.11. The summed E-state index contributed by atoms with van der Waals surface area (Å²) in [7, 11) is -6.06. The lowest BCUT2D eigenvalue weighted by Gasteiger charge is -2.40. The Balaban J connectivity index is 2.19. The van der Waals surface area contributed by atoms with Crippen LogP contribution in [0.15, 0.2) is 6.33 Å². The Labute approximate surface area is 268 Å². The van der Waals surface area contributed by atoms with Crippen LogP contribution in [-0.4, -0.2) is 82.5 Å². The molecule has 3 heterocycles. The molecule has 0 aliphatic carbocycles. The van der Waals surface area contributed by atoms with Crippen LogP contribution in [0.2, 0.25) is 54.4 Å². The lowest BCUT2D eigenvalue weighted by atomic mass is 10.1. The van der Waals surface area contributed by atoms with E-state index in [1.54, 1.807) is 6.33 Å². The van der Waals surface area contributed by atoms with Gasteiger partial charge in [0.25, 0.3) is 0 Å². The van der Waals surface area contributed by atoms with Crippen molar-refractivity contribution in [2.75, 3.05) is 25.5 Å². The van der Waals surface area contributed by atoms with Gasteiger partial charge < -0.3 is 34.2 Å². The van der Waals surface area contributed by atoms with Crippen molar-refractivity contribution in [1.82, 2.24) is 19.5 Å². The number of anilines is 1. The van der Waals surface area contributed by atoms with E-state index >= 15 is 0 Å². The fraction of sp³-hybridized carbons (Fsp3) is 0.833. The van der Waals surface area contributed by atoms with Crippen molar-refractivity contribution < 1.29 is 22.8 Å². The third-order valence-corrected chi connectivity index (χ3v) is 24.4. The normalized spacial score (nSPS) is 21.4. The van der Waals surface area contributed by atoms with Gasteiger partial charge in [-0.05, 0) is 54.4 Å². The minimum Gasteiger partial charge on any atom is -0.475 e. The Morgan fingerprint density at radius 1 is 0.773 bits per heavy atom. The lowest BCUT2D eigenvalue weighted by Crippen LogP contribution is -2.52. The van der Waals surface area contributed by atoms with Crippen molar-refractivity contribution in [3.05, 3.63) is 6.33 Å². The number of nitrogens with two attached hydrogens (primary N) is 2. The molecule has 11 nitrogen and oxygen atoms in total. The standard InChI is InChI=1S/C30H60N6O5Si3/c1-10-42(11-2,12-3)38-21-23-25(40-43(13-4,14-5)15-6)26(41-44(16-7,17-8)18-9)29(39-23)36-22-33-24-27(36)34-30(32)35-28(24)37-20-19-31/h22-23,25-26,29H,10-21,31H2,1-9H3,(H2,32,34,35)/t23-,25-,26-,29-/m1/s1. The zero-order valence-electron chi connectivity index (χ0n) is 28.9. The number of nitrogen functional groups attached to an aromatic ring is 1. The number of nitrogens with zero attached hydrogens (tertiary/aromatic N) is 4. The number of hydrogen-bond donors (Lipinski definition) is 2. The highest BCUT2D eigenvalue weighted by molar-refractivity contribution is 6.74. The Kier molecular flexibility index (Phi) is 13.8. The number of ether oxygens (including phenoxy) is 2. The number of hydrogen-bond acceptors (Lipinski definition) is 10. The van der Waals surface area contributed by atoms with Gasteiger partial charge in [0.05, 0.1) is 12.9 Å². The van der Waals surface area contributed by atoms with E-state index in [1.165, 1.54) is 0 Å². The molecule has 0 saturated carbocycles. The third-order valence-electron chi connectivity index (χ3n) is 10.4. The maximum Gasteiger partial charge on any atom is 0.247 e. The summed E-state index contributed by atoms with van der Waals surface area (Å²) < 4.78 is 36.5. The maximum atomic E-state index is 7.39. The summed E-state index contributed by atoms with van der Waals surface area (Å²) in [4.78, 5) is 13.6. The van der Waals surface area contributed by atoms with Crippen LogP contribution in [0.3, 0.4) is 0 Å². The minimum absolute atomic E-state index is 0.104. The smallest absolute Gasteiger partial charge is 0.247 e. The molecule has 1 aliphatic heterocycles. The zero-order chi connectivity index (χ0) is 32.5. The van der Waals surface area contributed by atoms with Crippen molar-refractivity contribution in [1.29, 1.82) is 0 Å². The van der Waals surface area contributed by atoms with Gasteiger partial charge in [0, 0.05) is 6.54 Å². The van der Waals surface area contributed by atoms with Crippen LogP contribution >= 0.6 is 0 Å².